The number of hydrogen-bond acceptors (Lipinski definition) is 6. The molecule has 0 radical (unpaired) electrons. The summed E-state index contributed by atoms with van der Waals surface area (Å²) in [6.45, 7) is 10.1. The molecule has 0 amide bonds. The molecule has 214 valence electrons. The molecule has 0 N–H and O–H groups in total. The number of para-hydroxylation sites is 2. The van der Waals surface area contributed by atoms with Gasteiger partial charge in [0.25, 0.3) is 5.56 Å². The molecule has 2 aliphatic heterocycles. The third-order valence-corrected chi connectivity index (χ3v) is 12.9. The van der Waals surface area contributed by atoms with Crippen LogP contribution in [0.5, 0.6) is 0 Å². The minimum Gasteiger partial charge on any atom is -0.304 e. The van der Waals surface area contributed by atoms with E-state index in [4.69, 9.17) is 9.05 Å². The average Bonchev–Trinajstić information content (AvgIpc) is 2.91. The standard InChI is InChI=1S/C31H46N3O4P/c1-5-37-39(36,38-6-2)29-30(35)34(28-13-8-7-12-27(28)32-29)25-19-23-10-9-11-24(20-25)33(23)17-16-21-14-15-22-18-26(21)31(22,3)4/h7-8,12-13,21-26H,5-6,9-11,14-20H2,1-4H3/t21-,22-,23-,24+,25+,26-/m0/s1. The molecule has 39 heavy (non-hydrogen) atoms. The molecule has 8 heteroatoms. The summed E-state index contributed by atoms with van der Waals surface area (Å²) in [5.74, 6) is 2.72. The summed E-state index contributed by atoms with van der Waals surface area (Å²) in [5, 5.41) is 0. The molecule has 1 aromatic heterocycles. The number of fused-ring (bicyclic) bond motifs is 5. The van der Waals surface area contributed by atoms with Gasteiger partial charge < -0.3 is 13.6 Å². The molecule has 3 saturated carbocycles. The van der Waals surface area contributed by atoms with Crippen LogP contribution in [0.3, 0.4) is 0 Å². The fourth-order valence-corrected chi connectivity index (χ4v) is 10.4. The maximum absolute atomic E-state index is 14.1. The van der Waals surface area contributed by atoms with Crippen LogP contribution in [0.1, 0.15) is 91.5 Å². The van der Waals surface area contributed by atoms with Crippen LogP contribution >= 0.6 is 7.60 Å². The Balaban J connectivity index is 1.28. The summed E-state index contributed by atoms with van der Waals surface area (Å²) in [7, 11) is -3.82. The summed E-state index contributed by atoms with van der Waals surface area (Å²) >= 11 is 0. The van der Waals surface area contributed by atoms with E-state index in [1.807, 2.05) is 28.8 Å². The molecule has 3 aliphatic carbocycles. The van der Waals surface area contributed by atoms with Crippen molar-refractivity contribution in [1.29, 1.82) is 0 Å². The Labute approximate surface area is 233 Å². The Morgan fingerprint density at radius 1 is 0.974 bits per heavy atom. The molecule has 0 spiro atoms. The van der Waals surface area contributed by atoms with Gasteiger partial charge in [-0.05, 0) is 107 Å². The lowest BCUT2D eigenvalue weighted by atomic mass is 9.45. The number of nitrogens with zero attached hydrogens (tertiary/aromatic N) is 3. The Morgan fingerprint density at radius 2 is 1.67 bits per heavy atom. The predicted octanol–water partition coefficient (Wildman–Crippen LogP) is 6.31. The lowest BCUT2D eigenvalue weighted by molar-refractivity contribution is -0.111. The normalized spacial score (nSPS) is 32.2. The Morgan fingerprint density at radius 3 is 2.31 bits per heavy atom. The van der Waals surface area contributed by atoms with Crippen LogP contribution < -0.4 is 11.0 Å². The minimum atomic E-state index is -3.82. The van der Waals surface area contributed by atoms with Crippen LogP contribution in [-0.4, -0.2) is 46.3 Å². The number of hydrogen-bond donors (Lipinski definition) is 0. The quantitative estimate of drug-likeness (QED) is 0.338. The first-order valence-corrected chi connectivity index (χ1v) is 17.0. The van der Waals surface area contributed by atoms with Crippen molar-refractivity contribution >= 4 is 24.1 Å². The minimum absolute atomic E-state index is 0.0495. The highest BCUT2D eigenvalue weighted by molar-refractivity contribution is 7.61. The first kappa shape index (κ1) is 27.6. The third kappa shape index (κ3) is 4.75. The second kappa shape index (κ2) is 10.7. The molecule has 1 aromatic carbocycles. The molecule has 0 unspecified atom stereocenters. The molecule has 2 aromatic rings. The van der Waals surface area contributed by atoms with E-state index in [9.17, 15) is 9.36 Å². The number of benzene rings is 1. The van der Waals surface area contributed by atoms with Crippen molar-refractivity contribution in [2.24, 2.45) is 23.2 Å². The van der Waals surface area contributed by atoms with Gasteiger partial charge in [-0.3, -0.25) is 14.3 Å². The predicted molar refractivity (Wildman–Crippen MR) is 156 cm³/mol. The molecular weight excluding hydrogens is 509 g/mol. The van der Waals surface area contributed by atoms with E-state index < -0.39 is 7.60 Å². The summed E-state index contributed by atoms with van der Waals surface area (Å²) in [5.41, 5.74) is 1.62. The molecule has 4 bridgehead atoms. The van der Waals surface area contributed by atoms with Gasteiger partial charge in [0.2, 0.25) is 5.44 Å². The van der Waals surface area contributed by atoms with Crippen LogP contribution in [0.15, 0.2) is 29.1 Å². The zero-order valence-corrected chi connectivity index (χ0v) is 25.1. The van der Waals surface area contributed by atoms with Gasteiger partial charge in [-0.2, -0.15) is 0 Å². The zero-order valence-electron chi connectivity index (χ0n) is 24.2. The monoisotopic (exact) mass is 555 g/mol. The summed E-state index contributed by atoms with van der Waals surface area (Å²) in [6.07, 6.45) is 11.1. The van der Waals surface area contributed by atoms with Crippen molar-refractivity contribution in [3.63, 3.8) is 0 Å². The average molecular weight is 556 g/mol. The largest absolute Gasteiger partial charge is 0.385 e. The molecular formula is C31H46N3O4P. The van der Waals surface area contributed by atoms with E-state index in [-0.39, 0.29) is 30.2 Å². The molecule has 2 saturated heterocycles. The molecule has 7 rings (SSSR count). The topological polar surface area (TPSA) is 73.7 Å². The van der Waals surface area contributed by atoms with Crippen molar-refractivity contribution in [2.45, 2.75) is 104 Å². The zero-order chi connectivity index (χ0) is 27.4. The van der Waals surface area contributed by atoms with Crippen molar-refractivity contribution < 1.29 is 13.6 Å². The van der Waals surface area contributed by atoms with Gasteiger partial charge in [0.05, 0.1) is 24.2 Å². The maximum atomic E-state index is 14.1. The summed E-state index contributed by atoms with van der Waals surface area (Å²) in [4.78, 5) is 21.4. The maximum Gasteiger partial charge on any atom is 0.385 e. The van der Waals surface area contributed by atoms with Gasteiger partial charge in [0, 0.05) is 18.1 Å². The van der Waals surface area contributed by atoms with Crippen LogP contribution in [0.2, 0.25) is 0 Å². The third-order valence-electron chi connectivity index (χ3n) is 10.9. The SMILES string of the molecule is CCOP(=O)(OCC)c1nc2ccccc2n([C@H]2C[C@H]3CCC[C@@H](C2)N3CC[C@@H]2CC[C@H]3C[C@@H]2C3(C)C)c1=O. The molecule has 6 atom stereocenters. The fourth-order valence-electron chi connectivity index (χ4n) is 8.83. The van der Waals surface area contributed by atoms with Gasteiger partial charge in [0.15, 0.2) is 0 Å². The van der Waals surface area contributed by atoms with E-state index in [1.165, 1.54) is 51.5 Å². The Bertz CT molecular complexity index is 1280. The first-order chi connectivity index (χ1) is 18.8. The number of piperidine rings is 2. The van der Waals surface area contributed by atoms with Crippen LogP contribution in [0, 0.1) is 23.2 Å². The van der Waals surface area contributed by atoms with Crippen molar-refractivity contribution in [1.82, 2.24) is 14.5 Å². The van der Waals surface area contributed by atoms with E-state index in [2.05, 4.69) is 23.7 Å². The van der Waals surface area contributed by atoms with E-state index in [0.29, 0.717) is 23.0 Å². The van der Waals surface area contributed by atoms with Gasteiger partial charge >= 0.3 is 7.60 Å². The first-order valence-electron chi connectivity index (χ1n) is 15.4. The summed E-state index contributed by atoms with van der Waals surface area (Å²) < 4.78 is 26.8. The van der Waals surface area contributed by atoms with Gasteiger partial charge in [-0.15, -0.1) is 0 Å². The van der Waals surface area contributed by atoms with Crippen LogP contribution in [0.4, 0.5) is 0 Å². The highest BCUT2D eigenvalue weighted by Gasteiger charge is 2.54. The van der Waals surface area contributed by atoms with E-state index in [0.717, 1.165) is 36.1 Å². The molecule has 7 nitrogen and oxygen atoms in total. The van der Waals surface area contributed by atoms with E-state index >= 15 is 0 Å². The van der Waals surface area contributed by atoms with Gasteiger partial charge in [0.1, 0.15) is 0 Å². The Kier molecular flexibility index (Phi) is 7.58. The van der Waals surface area contributed by atoms with Crippen molar-refractivity contribution in [3.05, 3.63) is 34.6 Å². The number of aromatic nitrogens is 2. The fraction of sp³-hybridized carbons (Fsp3) is 0.742. The molecule has 5 fully saturated rings. The second-order valence-electron chi connectivity index (χ2n) is 13.0. The van der Waals surface area contributed by atoms with Crippen molar-refractivity contribution in [3.8, 4) is 0 Å². The summed E-state index contributed by atoms with van der Waals surface area (Å²) in [6, 6.07) is 8.75. The Hall–Kier alpha value is -1.53. The molecule has 3 heterocycles. The van der Waals surface area contributed by atoms with Crippen LogP contribution in [-0.2, 0) is 13.6 Å². The highest BCUT2D eigenvalue weighted by Crippen LogP contribution is 2.62. The van der Waals surface area contributed by atoms with Crippen LogP contribution in [0.25, 0.3) is 11.0 Å². The lowest BCUT2D eigenvalue weighted by Crippen LogP contribution is -2.56. The second-order valence-corrected chi connectivity index (χ2v) is 15.0. The van der Waals surface area contributed by atoms with E-state index in [1.54, 1.807) is 13.8 Å². The lowest BCUT2D eigenvalue weighted by Gasteiger charge is -2.60. The van der Waals surface area contributed by atoms with Crippen molar-refractivity contribution in [2.75, 3.05) is 19.8 Å². The van der Waals surface area contributed by atoms with Gasteiger partial charge in [-0.1, -0.05) is 32.4 Å². The number of rotatable bonds is 9. The smallest absolute Gasteiger partial charge is 0.304 e. The molecule has 5 aliphatic rings. The highest BCUT2D eigenvalue weighted by atomic mass is 31.2. The van der Waals surface area contributed by atoms with Gasteiger partial charge in [-0.25, -0.2) is 4.98 Å².